The molecule has 0 radical (unpaired) electrons. The third kappa shape index (κ3) is 2.50. The molecule has 2 rings (SSSR count). The van der Waals surface area contributed by atoms with Gasteiger partial charge in [-0.15, -0.1) is 0 Å². The van der Waals surface area contributed by atoms with Crippen LogP contribution in [0.1, 0.15) is 32.3 Å². The number of hydrogen-bond donors (Lipinski definition) is 1. The first kappa shape index (κ1) is 11.7. The molecule has 2 heterocycles. The predicted molar refractivity (Wildman–Crippen MR) is 68.6 cm³/mol. The smallest absolute Gasteiger partial charge is 0.151 e. The van der Waals surface area contributed by atoms with Crippen molar-refractivity contribution < 1.29 is 0 Å². The van der Waals surface area contributed by atoms with Gasteiger partial charge in [-0.05, 0) is 24.3 Å². The highest BCUT2D eigenvalue weighted by Crippen LogP contribution is 2.32. The van der Waals surface area contributed by atoms with Gasteiger partial charge in [0.1, 0.15) is 6.07 Å². The Morgan fingerprint density at radius 3 is 2.88 bits per heavy atom. The molecule has 0 aromatic carbocycles. The Hall–Kier alpha value is -1.76. The fourth-order valence-corrected chi connectivity index (χ4v) is 2.40. The van der Waals surface area contributed by atoms with Crippen LogP contribution >= 0.6 is 0 Å². The fraction of sp³-hybridized carbons (Fsp3) is 0.538. The molecule has 0 unspecified atom stereocenters. The number of pyridine rings is 1. The zero-order valence-electron chi connectivity index (χ0n) is 10.4. The second-order valence-corrected chi connectivity index (χ2v) is 5.44. The molecular formula is C13H18N4. The summed E-state index contributed by atoms with van der Waals surface area (Å²) < 4.78 is 0. The van der Waals surface area contributed by atoms with Gasteiger partial charge in [0.2, 0.25) is 0 Å². The second kappa shape index (κ2) is 4.25. The number of anilines is 2. The lowest BCUT2D eigenvalue weighted by molar-refractivity contribution is 0.292. The summed E-state index contributed by atoms with van der Waals surface area (Å²) in [4.78, 5) is 6.54. The Balaban J connectivity index is 2.26. The van der Waals surface area contributed by atoms with E-state index >= 15 is 0 Å². The number of hydrogen-bond acceptors (Lipinski definition) is 4. The number of nitrogens with zero attached hydrogens (tertiary/aromatic N) is 3. The lowest BCUT2D eigenvalue weighted by Gasteiger charge is -2.39. The van der Waals surface area contributed by atoms with E-state index in [9.17, 15) is 0 Å². The van der Waals surface area contributed by atoms with E-state index in [-0.39, 0.29) is 0 Å². The van der Waals surface area contributed by atoms with Crippen LogP contribution in [0.15, 0.2) is 12.3 Å². The lowest BCUT2D eigenvalue weighted by Crippen LogP contribution is -2.40. The molecular weight excluding hydrogens is 212 g/mol. The van der Waals surface area contributed by atoms with E-state index < -0.39 is 0 Å². The zero-order chi connectivity index (χ0) is 12.5. The van der Waals surface area contributed by atoms with Gasteiger partial charge >= 0.3 is 0 Å². The van der Waals surface area contributed by atoms with E-state index in [1.807, 2.05) is 0 Å². The Labute approximate surface area is 102 Å². The monoisotopic (exact) mass is 230 g/mol. The molecule has 1 aliphatic heterocycles. The third-order valence-electron chi connectivity index (χ3n) is 3.22. The molecule has 1 aliphatic rings. The Bertz CT molecular complexity index is 459. The van der Waals surface area contributed by atoms with Crippen LogP contribution in [0.3, 0.4) is 0 Å². The minimum absolute atomic E-state index is 0.306. The molecule has 17 heavy (non-hydrogen) atoms. The van der Waals surface area contributed by atoms with E-state index in [1.165, 1.54) is 6.42 Å². The molecule has 1 fully saturated rings. The van der Waals surface area contributed by atoms with Crippen molar-refractivity contribution in [3.8, 4) is 6.07 Å². The van der Waals surface area contributed by atoms with Gasteiger partial charge in [-0.3, -0.25) is 0 Å². The maximum atomic E-state index is 8.79. The highest BCUT2D eigenvalue weighted by molar-refractivity contribution is 5.64. The van der Waals surface area contributed by atoms with Crippen LogP contribution in [-0.2, 0) is 0 Å². The molecule has 1 aromatic rings. The number of nitrogens with two attached hydrogens (primary N) is 1. The summed E-state index contributed by atoms with van der Waals surface area (Å²) in [6.45, 7) is 6.49. The molecule has 0 amide bonds. The molecule has 2 N–H and O–H groups in total. The standard InChI is InChI=1S/C13H18N4/c1-13(2)4-3-5-17(9-13)12-11(15)6-10(7-14)8-16-12/h6,8H,3-5,9,15H2,1-2H3. The Kier molecular flexibility index (Phi) is 2.93. The summed E-state index contributed by atoms with van der Waals surface area (Å²) in [5.41, 5.74) is 7.38. The molecule has 0 atom stereocenters. The summed E-state index contributed by atoms with van der Waals surface area (Å²) in [7, 11) is 0. The number of nitriles is 1. The molecule has 0 spiro atoms. The van der Waals surface area contributed by atoms with Gasteiger partial charge in [0.25, 0.3) is 0 Å². The SMILES string of the molecule is CC1(C)CCCN(c2ncc(C#N)cc2N)C1. The highest BCUT2D eigenvalue weighted by Gasteiger charge is 2.27. The second-order valence-electron chi connectivity index (χ2n) is 5.44. The minimum atomic E-state index is 0.306. The van der Waals surface area contributed by atoms with Crippen LogP contribution in [0.4, 0.5) is 11.5 Å². The average Bonchev–Trinajstić information content (AvgIpc) is 2.27. The molecule has 0 saturated carbocycles. The predicted octanol–water partition coefficient (Wildman–Crippen LogP) is 2.16. The molecule has 1 saturated heterocycles. The summed E-state index contributed by atoms with van der Waals surface area (Å²) in [6, 6.07) is 3.75. The first-order chi connectivity index (χ1) is 8.02. The van der Waals surface area contributed by atoms with E-state index in [4.69, 9.17) is 11.0 Å². The zero-order valence-corrected chi connectivity index (χ0v) is 10.4. The molecule has 4 heteroatoms. The van der Waals surface area contributed by atoms with Crippen LogP contribution in [-0.4, -0.2) is 18.1 Å². The van der Waals surface area contributed by atoms with Crippen LogP contribution in [0.2, 0.25) is 0 Å². The largest absolute Gasteiger partial charge is 0.396 e. The fourth-order valence-electron chi connectivity index (χ4n) is 2.40. The number of nitrogen functional groups attached to an aromatic ring is 1. The summed E-state index contributed by atoms with van der Waals surface area (Å²) in [6.07, 6.45) is 3.99. The van der Waals surface area contributed by atoms with Gasteiger partial charge < -0.3 is 10.6 Å². The topological polar surface area (TPSA) is 65.9 Å². The summed E-state index contributed by atoms with van der Waals surface area (Å²) in [5, 5.41) is 8.79. The van der Waals surface area contributed by atoms with E-state index in [0.29, 0.717) is 16.7 Å². The van der Waals surface area contributed by atoms with Gasteiger partial charge in [-0.2, -0.15) is 5.26 Å². The van der Waals surface area contributed by atoms with Crippen LogP contribution in [0, 0.1) is 16.7 Å². The van der Waals surface area contributed by atoms with Crippen molar-refractivity contribution in [2.45, 2.75) is 26.7 Å². The van der Waals surface area contributed by atoms with E-state index in [1.54, 1.807) is 12.3 Å². The van der Waals surface area contributed by atoms with Crippen molar-refractivity contribution in [3.05, 3.63) is 17.8 Å². The summed E-state index contributed by atoms with van der Waals surface area (Å²) in [5.74, 6) is 0.816. The molecule has 0 bridgehead atoms. The lowest BCUT2D eigenvalue weighted by atomic mass is 9.84. The highest BCUT2D eigenvalue weighted by atomic mass is 15.2. The van der Waals surface area contributed by atoms with Gasteiger partial charge in [0.15, 0.2) is 5.82 Å². The number of piperidine rings is 1. The van der Waals surface area contributed by atoms with Gasteiger partial charge in [-0.25, -0.2) is 4.98 Å². The number of aromatic nitrogens is 1. The summed E-state index contributed by atoms with van der Waals surface area (Å²) >= 11 is 0. The van der Waals surface area contributed by atoms with Gasteiger partial charge in [-0.1, -0.05) is 13.8 Å². The molecule has 4 nitrogen and oxygen atoms in total. The van der Waals surface area contributed by atoms with Crippen LogP contribution in [0.5, 0.6) is 0 Å². The quantitative estimate of drug-likeness (QED) is 0.803. The van der Waals surface area contributed by atoms with Gasteiger partial charge in [0, 0.05) is 19.3 Å². The van der Waals surface area contributed by atoms with Crippen molar-refractivity contribution in [2.24, 2.45) is 5.41 Å². The van der Waals surface area contributed by atoms with Crippen molar-refractivity contribution in [1.29, 1.82) is 5.26 Å². The number of rotatable bonds is 1. The first-order valence-electron chi connectivity index (χ1n) is 5.92. The molecule has 90 valence electrons. The third-order valence-corrected chi connectivity index (χ3v) is 3.22. The maximum absolute atomic E-state index is 8.79. The van der Waals surface area contributed by atoms with Crippen molar-refractivity contribution in [1.82, 2.24) is 4.98 Å². The van der Waals surface area contributed by atoms with Crippen molar-refractivity contribution in [3.63, 3.8) is 0 Å². The Morgan fingerprint density at radius 1 is 1.53 bits per heavy atom. The minimum Gasteiger partial charge on any atom is -0.396 e. The van der Waals surface area contributed by atoms with E-state index in [0.717, 1.165) is 25.3 Å². The van der Waals surface area contributed by atoms with Crippen LogP contribution in [0.25, 0.3) is 0 Å². The van der Waals surface area contributed by atoms with E-state index in [2.05, 4.69) is 29.8 Å². The maximum Gasteiger partial charge on any atom is 0.151 e. The Morgan fingerprint density at radius 2 is 2.29 bits per heavy atom. The molecule has 1 aromatic heterocycles. The average molecular weight is 230 g/mol. The van der Waals surface area contributed by atoms with Gasteiger partial charge in [0.05, 0.1) is 11.3 Å². The normalized spacial score (nSPS) is 18.8. The van der Waals surface area contributed by atoms with Crippen LogP contribution < -0.4 is 10.6 Å². The first-order valence-corrected chi connectivity index (χ1v) is 5.92. The van der Waals surface area contributed by atoms with Crippen molar-refractivity contribution >= 4 is 11.5 Å². The van der Waals surface area contributed by atoms with Crippen molar-refractivity contribution in [2.75, 3.05) is 23.7 Å². The molecule has 0 aliphatic carbocycles.